The van der Waals surface area contributed by atoms with Crippen LogP contribution in [0.2, 0.25) is 0 Å². The summed E-state index contributed by atoms with van der Waals surface area (Å²) in [6, 6.07) is 1.83. The first kappa shape index (κ1) is 11.6. The number of hydrogen-bond acceptors (Lipinski definition) is 3. The van der Waals surface area contributed by atoms with Gasteiger partial charge in [0.25, 0.3) is 0 Å². The Morgan fingerprint density at radius 1 is 1.62 bits per heavy atom. The van der Waals surface area contributed by atoms with Crippen molar-refractivity contribution in [3.8, 4) is 0 Å². The van der Waals surface area contributed by atoms with E-state index >= 15 is 0 Å². The molecule has 2 atom stereocenters. The number of carbonyl (C=O) groups is 1. The van der Waals surface area contributed by atoms with Crippen LogP contribution in [0.15, 0.2) is 16.8 Å². The smallest absolute Gasteiger partial charge is 0.325 e. The molecule has 0 amide bonds. The fourth-order valence-electron chi connectivity index (χ4n) is 2.41. The van der Waals surface area contributed by atoms with E-state index in [4.69, 9.17) is 0 Å². The van der Waals surface area contributed by atoms with Gasteiger partial charge >= 0.3 is 5.97 Å². The molecule has 1 fully saturated rings. The van der Waals surface area contributed by atoms with Gasteiger partial charge in [-0.1, -0.05) is 6.42 Å². The third kappa shape index (κ3) is 2.28. The molecular formula is C12H17NO2S. The molecule has 1 aliphatic heterocycles. The first-order valence-corrected chi connectivity index (χ1v) is 6.65. The van der Waals surface area contributed by atoms with E-state index in [9.17, 15) is 9.90 Å². The second-order valence-electron chi connectivity index (χ2n) is 4.38. The normalized spacial score (nSPS) is 24.2. The number of thiophene rings is 1. The summed E-state index contributed by atoms with van der Waals surface area (Å²) in [4.78, 5) is 13.5. The second kappa shape index (κ2) is 4.97. The third-order valence-electron chi connectivity index (χ3n) is 3.28. The monoisotopic (exact) mass is 239 g/mol. The highest BCUT2D eigenvalue weighted by atomic mass is 32.1. The van der Waals surface area contributed by atoms with Crippen molar-refractivity contribution in [2.24, 2.45) is 0 Å². The molecular weight excluding hydrogens is 222 g/mol. The lowest BCUT2D eigenvalue weighted by molar-refractivity contribution is -0.145. The van der Waals surface area contributed by atoms with E-state index in [2.05, 4.69) is 11.8 Å². The zero-order chi connectivity index (χ0) is 11.5. The van der Waals surface area contributed by atoms with Crippen molar-refractivity contribution in [3.63, 3.8) is 0 Å². The Kier molecular flexibility index (Phi) is 3.61. The molecule has 0 radical (unpaired) electrons. The third-order valence-corrected chi connectivity index (χ3v) is 3.98. The zero-order valence-electron chi connectivity index (χ0n) is 9.43. The number of hydrogen-bond donors (Lipinski definition) is 1. The van der Waals surface area contributed by atoms with Gasteiger partial charge in [0.1, 0.15) is 6.04 Å². The maximum atomic E-state index is 11.4. The van der Waals surface area contributed by atoms with Crippen molar-refractivity contribution in [1.29, 1.82) is 0 Å². The van der Waals surface area contributed by atoms with E-state index in [-0.39, 0.29) is 0 Å². The molecule has 3 nitrogen and oxygen atoms in total. The Morgan fingerprint density at radius 3 is 3.00 bits per heavy atom. The minimum atomic E-state index is -0.729. The molecule has 1 aliphatic rings. The topological polar surface area (TPSA) is 40.5 Å². The van der Waals surface area contributed by atoms with Crippen molar-refractivity contribution in [1.82, 2.24) is 4.90 Å². The molecule has 4 heteroatoms. The average Bonchev–Trinajstić information content (AvgIpc) is 2.74. The van der Waals surface area contributed by atoms with E-state index in [1.807, 2.05) is 16.8 Å². The highest BCUT2D eigenvalue weighted by molar-refractivity contribution is 7.08. The molecule has 16 heavy (non-hydrogen) atoms. The van der Waals surface area contributed by atoms with Gasteiger partial charge < -0.3 is 5.11 Å². The second-order valence-corrected chi connectivity index (χ2v) is 5.16. The van der Waals surface area contributed by atoms with E-state index in [1.54, 1.807) is 11.3 Å². The zero-order valence-corrected chi connectivity index (χ0v) is 10.2. The molecule has 1 saturated heterocycles. The van der Waals surface area contributed by atoms with E-state index in [0.717, 1.165) is 24.9 Å². The molecule has 2 rings (SSSR count). The van der Waals surface area contributed by atoms with Crippen LogP contribution in [0.5, 0.6) is 0 Å². The van der Waals surface area contributed by atoms with Crippen LogP contribution in [-0.4, -0.2) is 28.6 Å². The average molecular weight is 239 g/mol. The Labute approximate surface area is 99.7 Å². The molecule has 2 heterocycles. The summed E-state index contributed by atoms with van der Waals surface area (Å²) in [6.45, 7) is 3.02. The van der Waals surface area contributed by atoms with Crippen LogP contribution in [0, 0.1) is 0 Å². The molecule has 0 saturated carbocycles. The Morgan fingerprint density at radius 2 is 2.44 bits per heavy atom. The summed E-state index contributed by atoms with van der Waals surface area (Å²) in [5.41, 5.74) is 0.922. The maximum Gasteiger partial charge on any atom is 0.325 e. The van der Waals surface area contributed by atoms with Gasteiger partial charge in [0.15, 0.2) is 0 Å². The minimum absolute atomic E-state index is 0.370. The van der Waals surface area contributed by atoms with Crippen molar-refractivity contribution in [3.05, 3.63) is 22.4 Å². The van der Waals surface area contributed by atoms with Crippen LogP contribution >= 0.6 is 11.3 Å². The van der Waals surface area contributed by atoms with Crippen LogP contribution in [0.1, 0.15) is 37.8 Å². The van der Waals surface area contributed by atoms with Crippen molar-refractivity contribution >= 4 is 17.3 Å². The predicted molar refractivity (Wildman–Crippen MR) is 64.7 cm³/mol. The molecule has 0 bridgehead atoms. The molecule has 0 aromatic carbocycles. The Bertz CT molecular complexity index is 350. The summed E-state index contributed by atoms with van der Waals surface area (Å²) in [5, 5.41) is 13.3. The molecule has 2 unspecified atom stereocenters. The molecule has 1 aromatic rings. The Balaban J connectivity index is 2.22. The maximum absolute atomic E-state index is 11.4. The van der Waals surface area contributed by atoms with Crippen LogP contribution in [0.4, 0.5) is 0 Å². The van der Waals surface area contributed by atoms with Crippen LogP contribution in [-0.2, 0) is 4.79 Å². The van der Waals surface area contributed by atoms with E-state index in [0.29, 0.717) is 6.04 Å². The fourth-order valence-corrected chi connectivity index (χ4v) is 3.09. The number of carboxylic acid groups (broad SMARTS) is 1. The molecule has 0 aliphatic carbocycles. The van der Waals surface area contributed by atoms with Gasteiger partial charge in [0.05, 0.1) is 0 Å². The predicted octanol–water partition coefficient (Wildman–Crippen LogP) is 2.75. The summed E-state index contributed by atoms with van der Waals surface area (Å²) in [5.74, 6) is -0.729. The van der Waals surface area contributed by atoms with Crippen LogP contribution < -0.4 is 0 Å². The quantitative estimate of drug-likeness (QED) is 0.881. The molecule has 1 N–H and O–H groups in total. The SMILES string of the molecule is CC1CCCCN1C(C(=O)O)c1ccsc1. The lowest BCUT2D eigenvalue weighted by Gasteiger charge is -2.37. The van der Waals surface area contributed by atoms with Gasteiger partial charge in [0, 0.05) is 6.04 Å². The lowest BCUT2D eigenvalue weighted by atomic mass is 9.99. The van der Waals surface area contributed by atoms with Gasteiger partial charge in [0.2, 0.25) is 0 Å². The summed E-state index contributed by atoms with van der Waals surface area (Å²) in [6.07, 6.45) is 3.43. The number of likely N-dealkylation sites (tertiary alicyclic amines) is 1. The summed E-state index contributed by atoms with van der Waals surface area (Å²) >= 11 is 1.56. The summed E-state index contributed by atoms with van der Waals surface area (Å²) in [7, 11) is 0. The number of rotatable bonds is 3. The molecule has 88 valence electrons. The van der Waals surface area contributed by atoms with Crippen molar-refractivity contribution < 1.29 is 9.90 Å². The van der Waals surface area contributed by atoms with E-state index in [1.165, 1.54) is 6.42 Å². The largest absolute Gasteiger partial charge is 0.480 e. The van der Waals surface area contributed by atoms with Gasteiger partial charge in [-0.15, -0.1) is 0 Å². The number of nitrogens with zero attached hydrogens (tertiary/aromatic N) is 1. The van der Waals surface area contributed by atoms with Gasteiger partial charge in [-0.3, -0.25) is 9.69 Å². The van der Waals surface area contributed by atoms with Gasteiger partial charge in [-0.05, 0) is 48.7 Å². The molecule has 1 aromatic heterocycles. The molecule has 0 spiro atoms. The summed E-state index contributed by atoms with van der Waals surface area (Å²) < 4.78 is 0. The van der Waals surface area contributed by atoms with Crippen molar-refractivity contribution in [2.45, 2.75) is 38.3 Å². The highest BCUT2D eigenvalue weighted by Gasteiger charge is 2.32. The van der Waals surface area contributed by atoms with Gasteiger partial charge in [-0.25, -0.2) is 0 Å². The van der Waals surface area contributed by atoms with Gasteiger partial charge in [-0.2, -0.15) is 11.3 Å². The lowest BCUT2D eigenvalue weighted by Crippen LogP contribution is -2.43. The number of aliphatic carboxylic acids is 1. The first-order chi connectivity index (χ1) is 7.70. The fraction of sp³-hybridized carbons (Fsp3) is 0.583. The number of piperidine rings is 1. The Hall–Kier alpha value is -0.870. The number of carboxylic acids is 1. The van der Waals surface area contributed by atoms with Crippen LogP contribution in [0.25, 0.3) is 0 Å². The minimum Gasteiger partial charge on any atom is -0.480 e. The standard InChI is InChI=1S/C12H17NO2S/c1-9-4-2-3-6-13(9)11(12(14)15)10-5-7-16-8-10/h5,7-9,11H,2-4,6H2,1H3,(H,14,15). The van der Waals surface area contributed by atoms with Crippen molar-refractivity contribution in [2.75, 3.05) is 6.54 Å². The first-order valence-electron chi connectivity index (χ1n) is 5.71. The highest BCUT2D eigenvalue weighted by Crippen LogP contribution is 2.29. The van der Waals surface area contributed by atoms with E-state index < -0.39 is 12.0 Å². The van der Waals surface area contributed by atoms with Crippen LogP contribution in [0.3, 0.4) is 0 Å².